The van der Waals surface area contributed by atoms with Gasteiger partial charge in [-0.15, -0.1) is 0 Å². The molecule has 15 heavy (non-hydrogen) atoms. The van der Waals surface area contributed by atoms with Crippen molar-refractivity contribution in [3.8, 4) is 6.07 Å². The van der Waals surface area contributed by atoms with Gasteiger partial charge in [0.1, 0.15) is 0 Å². The van der Waals surface area contributed by atoms with E-state index in [4.69, 9.17) is 14.7 Å². The molecule has 0 aromatic heterocycles. The van der Waals surface area contributed by atoms with E-state index in [-0.39, 0.29) is 12.2 Å². The number of rotatable bonds is 8. The summed E-state index contributed by atoms with van der Waals surface area (Å²) in [5.74, 6) is 0.576. The van der Waals surface area contributed by atoms with Gasteiger partial charge in [0, 0.05) is 19.6 Å². The van der Waals surface area contributed by atoms with E-state index in [0.29, 0.717) is 25.6 Å². The van der Waals surface area contributed by atoms with Crippen molar-refractivity contribution in [3.63, 3.8) is 0 Å². The number of ether oxygens (including phenoxy) is 2. The van der Waals surface area contributed by atoms with Crippen molar-refractivity contribution in [3.05, 3.63) is 0 Å². The number of hydrogen-bond donors (Lipinski definition) is 0. The van der Waals surface area contributed by atoms with Crippen LogP contribution in [0.5, 0.6) is 0 Å². The zero-order valence-corrected chi connectivity index (χ0v) is 10.3. The molecule has 0 radical (unpaired) electrons. The van der Waals surface area contributed by atoms with E-state index >= 15 is 0 Å². The predicted octanol–water partition coefficient (Wildman–Crippen LogP) is 2.96. The minimum Gasteiger partial charge on any atom is -0.353 e. The molecule has 88 valence electrons. The maximum absolute atomic E-state index is 9.00. The van der Waals surface area contributed by atoms with Crippen LogP contribution in [0.3, 0.4) is 0 Å². The first-order chi connectivity index (χ1) is 7.13. The van der Waals surface area contributed by atoms with Gasteiger partial charge in [-0.3, -0.25) is 0 Å². The number of nitriles is 1. The Hall–Kier alpha value is -0.590. The first kappa shape index (κ1) is 14.4. The molecule has 0 bridgehead atoms. The molecule has 0 aromatic carbocycles. The maximum Gasteiger partial charge on any atom is 0.158 e. The molecule has 0 heterocycles. The molecule has 0 saturated carbocycles. The SMILES string of the molecule is CCOC(CC(C#N)CC(C)C)OCC. The summed E-state index contributed by atoms with van der Waals surface area (Å²) in [5, 5.41) is 9.00. The normalized spacial score (nSPS) is 13.1. The monoisotopic (exact) mass is 213 g/mol. The topological polar surface area (TPSA) is 42.2 Å². The van der Waals surface area contributed by atoms with Crippen LogP contribution in [0.1, 0.15) is 40.5 Å². The van der Waals surface area contributed by atoms with E-state index in [1.165, 1.54) is 0 Å². The molecule has 0 spiro atoms. The Morgan fingerprint density at radius 1 is 1.07 bits per heavy atom. The molecule has 0 amide bonds. The van der Waals surface area contributed by atoms with Crippen LogP contribution < -0.4 is 0 Å². The van der Waals surface area contributed by atoms with Crippen LogP contribution in [0.25, 0.3) is 0 Å². The van der Waals surface area contributed by atoms with E-state index in [1.807, 2.05) is 13.8 Å². The Morgan fingerprint density at radius 2 is 1.60 bits per heavy atom. The van der Waals surface area contributed by atoms with Gasteiger partial charge in [0.2, 0.25) is 0 Å². The minimum atomic E-state index is -0.219. The lowest BCUT2D eigenvalue weighted by Gasteiger charge is -2.20. The lowest BCUT2D eigenvalue weighted by atomic mass is 9.95. The first-order valence-electron chi connectivity index (χ1n) is 5.76. The van der Waals surface area contributed by atoms with Crippen LogP contribution in [0.4, 0.5) is 0 Å². The molecule has 0 aliphatic rings. The Bertz CT molecular complexity index is 181. The van der Waals surface area contributed by atoms with Gasteiger partial charge in [0.05, 0.1) is 12.0 Å². The summed E-state index contributed by atoms with van der Waals surface area (Å²) in [6.45, 7) is 9.39. The van der Waals surface area contributed by atoms with Crippen LogP contribution in [0.15, 0.2) is 0 Å². The van der Waals surface area contributed by atoms with Gasteiger partial charge in [-0.1, -0.05) is 13.8 Å². The number of nitrogens with zero attached hydrogens (tertiary/aromatic N) is 1. The Morgan fingerprint density at radius 3 is 1.93 bits per heavy atom. The van der Waals surface area contributed by atoms with E-state index in [2.05, 4.69) is 19.9 Å². The highest BCUT2D eigenvalue weighted by molar-refractivity contribution is 4.84. The van der Waals surface area contributed by atoms with Gasteiger partial charge in [0.25, 0.3) is 0 Å². The van der Waals surface area contributed by atoms with Crippen molar-refractivity contribution in [1.29, 1.82) is 5.26 Å². The van der Waals surface area contributed by atoms with Crippen molar-refractivity contribution in [1.82, 2.24) is 0 Å². The van der Waals surface area contributed by atoms with Crippen molar-refractivity contribution < 1.29 is 9.47 Å². The molecular formula is C12H23NO2. The molecular weight excluding hydrogens is 190 g/mol. The second-order valence-electron chi connectivity index (χ2n) is 4.03. The molecule has 0 saturated heterocycles. The van der Waals surface area contributed by atoms with Gasteiger partial charge in [-0.25, -0.2) is 0 Å². The highest BCUT2D eigenvalue weighted by Crippen LogP contribution is 2.18. The Labute approximate surface area is 93.4 Å². The second-order valence-corrected chi connectivity index (χ2v) is 4.03. The fraction of sp³-hybridized carbons (Fsp3) is 0.917. The Balaban J connectivity index is 4.04. The van der Waals surface area contributed by atoms with Gasteiger partial charge in [-0.05, 0) is 26.2 Å². The zero-order valence-electron chi connectivity index (χ0n) is 10.3. The summed E-state index contributed by atoms with van der Waals surface area (Å²) in [5.41, 5.74) is 0. The summed E-state index contributed by atoms with van der Waals surface area (Å²) in [4.78, 5) is 0. The molecule has 3 heteroatoms. The van der Waals surface area contributed by atoms with Crippen molar-refractivity contribution in [2.24, 2.45) is 11.8 Å². The van der Waals surface area contributed by atoms with Crippen molar-refractivity contribution >= 4 is 0 Å². The third-order valence-corrected chi connectivity index (χ3v) is 2.12. The first-order valence-corrected chi connectivity index (χ1v) is 5.76. The quantitative estimate of drug-likeness (QED) is 0.582. The van der Waals surface area contributed by atoms with Crippen LogP contribution in [-0.2, 0) is 9.47 Å². The van der Waals surface area contributed by atoms with Crippen LogP contribution in [0, 0.1) is 23.2 Å². The molecule has 0 fully saturated rings. The fourth-order valence-corrected chi connectivity index (χ4v) is 1.56. The lowest BCUT2D eigenvalue weighted by Crippen LogP contribution is -2.21. The van der Waals surface area contributed by atoms with Gasteiger partial charge < -0.3 is 9.47 Å². The smallest absolute Gasteiger partial charge is 0.158 e. The Kier molecular flexibility index (Phi) is 8.35. The average molecular weight is 213 g/mol. The molecule has 0 rings (SSSR count). The van der Waals surface area contributed by atoms with E-state index < -0.39 is 0 Å². The third kappa shape index (κ3) is 7.35. The van der Waals surface area contributed by atoms with E-state index in [1.54, 1.807) is 0 Å². The fourth-order valence-electron chi connectivity index (χ4n) is 1.56. The zero-order chi connectivity index (χ0) is 11.7. The molecule has 0 N–H and O–H groups in total. The summed E-state index contributed by atoms with van der Waals surface area (Å²) in [7, 11) is 0. The lowest BCUT2D eigenvalue weighted by molar-refractivity contribution is -0.144. The highest BCUT2D eigenvalue weighted by atomic mass is 16.7. The standard InChI is InChI=1S/C12H23NO2/c1-5-14-12(15-6-2)8-11(9-13)7-10(3)4/h10-12H,5-8H2,1-4H3. The van der Waals surface area contributed by atoms with Crippen LogP contribution in [0.2, 0.25) is 0 Å². The summed E-state index contributed by atoms with van der Waals surface area (Å²) < 4.78 is 10.8. The molecule has 0 aliphatic heterocycles. The predicted molar refractivity (Wildman–Crippen MR) is 60.2 cm³/mol. The minimum absolute atomic E-state index is 0.0353. The largest absolute Gasteiger partial charge is 0.353 e. The second kappa shape index (κ2) is 8.70. The van der Waals surface area contributed by atoms with Crippen LogP contribution in [-0.4, -0.2) is 19.5 Å². The van der Waals surface area contributed by atoms with Gasteiger partial charge in [0.15, 0.2) is 6.29 Å². The molecule has 3 nitrogen and oxygen atoms in total. The van der Waals surface area contributed by atoms with Crippen molar-refractivity contribution in [2.45, 2.75) is 46.8 Å². The van der Waals surface area contributed by atoms with Crippen LogP contribution >= 0.6 is 0 Å². The molecule has 0 aliphatic carbocycles. The van der Waals surface area contributed by atoms with E-state index in [0.717, 1.165) is 6.42 Å². The molecule has 1 unspecified atom stereocenters. The highest BCUT2D eigenvalue weighted by Gasteiger charge is 2.17. The van der Waals surface area contributed by atoms with Gasteiger partial charge >= 0.3 is 0 Å². The van der Waals surface area contributed by atoms with Gasteiger partial charge in [-0.2, -0.15) is 5.26 Å². The maximum atomic E-state index is 9.00. The molecule has 0 aromatic rings. The average Bonchev–Trinajstić information content (AvgIpc) is 2.16. The van der Waals surface area contributed by atoms with E-state index in [9.17, 15) is 0 Å². The third-order valence-electron chi connectivity index (χ3n) is 2.12. The molecule has 1 atom stereocenters. The summed E-state index contributed by atoms with van der Waals surface area (Å²) in [6, 6.07) is 2.32. The number of hydrogen-bond acceptors (Lipinski definition) is 3. The summed E-state index contributed by atoms with van der Waals surface area (Å²) >= 11 is 0. The van der Waals surface area contributed by atoms with Crippen molar-refractivity contribution in [2.75, 3.05) is 13.2 Å². The summed E-state index contributed by atoms with van der Waals surface area (Å²) in [6.07, 6.45) is 1.37.